The molecule has 306 valence electrons. The SMILES string of the molecule is NCCC1=CC(C(C=O)CCCCCC2CC=CC(CO)C(C(=O)O)C34CC5C=c6ccccc6=CC5CC3CCc3ccc(cc34)CC2c2ccc(O)cc2)CC1. The van der Waals surface area contributed by atoms with Crippen molar-refractivity contribution in [3.05, 3.63) is 123 Å². The van der Waals surface area contributed by atoms with Crippen molar-refractivity contribution in [2.24, 2.45) is 53.1 Å². The second-order valence-corrected chi connectivity index (χ2v) is 18.5. The van der Waals surface area contributed by atoms with Crippen LogP contribution in [0.25, 0.3) is 12.2 Å². The number of nitrogens with two attached hydrogens (primary N) is 1. The van der Waals surface area contributed by atoms with Gasteiger partial charge >= 0.3 is 5.97 Å². The molecule has 5 aliphatic carbocycles. The molecule has 58 heavy (non-hydrogen) atoms. The number of fused-ring (bicyclic) bond motifs is 3. The molecule has 6 nitrogen and oxygen atoms in total. The van der Waals surface area contributed by atoms with Crippen LogP contribution in [-0.4, -0.2) is 40.7 Å². The van der Waals surface area contributed by atoms with Crippen molar-refractivity contribution in [1.29, 1.82) is 0 Å². The number of aldehydes is 1. The number of hydrogen-bond acceptors (Lipinski definition) is 5. The summed E-state index contributed by atoms with van der Waals surface area (Å²) < 4.78 is 0. The predicted molar refractivity (Wildman–Crippen MR) is 231 cm³/mol. The number of unbranched alkanes of at least 4 members (excludes halogenated alkanes) is 2. The van der Waals surface area contributed by atoms with Gasteiger partial charge in [-0.15, -0.1) is 0 Å². The van der Waals surface area contributed by atoms with E-state index in [9.17, 15) is 24.9 Å². The quantitative estimate of drug-likeness (QED) is 0.0790. The van der Waals surface area contributed by atoms with E-state index in [0.29, 0.717) is 18.4 Å². The van der Waals surface area contributed by atoms with Crippen LogP contribution in [0.3, 0.4) is 0 Å². The number of phenols is 1. The van der Waals surface area contributed by atoms with Crippen LogP contribution in [0.15, 0.2) is 90.5 Å². The minimum atomic E-state index is -0.807. The summed E-state index contributed by atoms with van der Waals surface area (Å²) >= 11 is 0. The van der Waals surface area contributed by atoms with Crippen LogP contribution in [-0.2, 0) is 27.8 Å². The predicted octanol–water partition coefficient (Wildman–Crippen LogP) is 8.16. The summed E-state index contributed by atoms with van der Waals surface area (Å²) in [6.45, 7) is 0.451. The summed E-state index contributed by atoms with van der Waals surface area (Å²) in [5.41, 5.74) is 11.5. The highest BCUT2D eigenvalue weighted by molar-refractivity contribution is 5.74. The summed E-state index contributed by atoms with van der Waals surface area (Å²) in [7, 11) is 0. The molecule has 5 N–H and O–H groups in total. The number of carboxylic acids is 1. The molecule has 1 saturated carbocycles. The monoisotopic (exact) mass is 781 g/mol. The van der Waals surface area contributed by atoms with Crippen molar-refractivity contribution in [2.75, 3.05) is 13.2 Å². The van der Waals surface area contributed by atoms with E-state index in [4.69, 9.17) is 5.73 Å². The Hall–Kier alpha value is -4.26. The molecule has 5 aliphatic rings. The van der Waals surface area contributed by atoms with Crippen LogP contribution in [0, 0.1) is 47.3 Å². The molecule has 6 heteroatoms. The van der Waals surface area contributed by atoms with Crippen LogP contribution in [0.5, 0.6) is 5.75 Å². The second-order valence-electron chi connectivity index (χ2n) is 18.5. The Morgan fingerprint density at radius 3 is 2.47 bits per heavy atom. The number of aromatic hydroxyl groups is 1. The first-order valence-corrected chi connectivity index (χ1v) is 22.4. The third kappa shape index (κ3) is 8.16. The van der Waals surface area contributed by atoms with Crippen molar-refractivity contribution < 1.29 is 24.9 Å². The van der Waals surface area contributed by atoms with Gasteiger partial charge in [0.25, 0.3) is 0 Å². The maximum absolute atomic E-state index is 13.9. The number of carbonyl (C=O) groups excluding carboxylic acids is 1. The van der Waals surface area contributed by atoms with Gasteiger partial charge in [0, 0.05) is 17.3 Å². The zero-order chi connectivity index (χ0) is 40.2. The summed E-state index contributed by atoms with van der Waals surface area (Å²) in [6, 6.07) is 23.3. The number of carboxylic acid groups (broad SMARTS) is 1. The second kappa shape index (κ2) is 17.9. The van der Waals surface area contributed by atoms with Crippen LogP contribution in [0.1, 0.15) is 105 Å². The first-order chi connectivity index (χ1) is 28.3. The minimum Gasteiger partial charge on any atom is -0.508 e. The Kier molecular flexibility index (Phi) is 12.5. The van der Waals surface area contributed by atoms with Crippen molar-refractivity contribution >= 4 is 24.4 Å². The largest absolute Gasteiger partial charge is 0.508 e. The van der Waals surface area contributed by atoms with Gasteiger partial charge in [-0.05, 0) is 158 Å². The van der Waals surface area contributed by atoms with Gasteiger partial charge in [-0.3, -0.25) is 4.79 Å². The number of aryl methyl sites for hydroxylation is 1. The smallest absolute Gasteiger partial charge is 0.308 e. The fourth-order valence-electron chi connectivity index (χ4n) is 12.5. The molecule has 1 spiro atoms. The Morgan fingerprint density at radius 2 is 1.72 bits per heavy atom. The Balaban J connectivity index is 1.11. The molecule has 0 aromatic heterocycles. The van der Waals surface area contributed by atoms with Gasteiger partial charge in [0.15, 0.2) is 0 Å². The summed E-state index contributed by atoms with van der Waals surface area (Å²) in [4.78, 5) is 26.0. The lowest BCUT2D eigenvalue weighted by Crippen LogP contribution is -2.56. The van der Waals surface area contributed by atoms with E-state index in [-0.39, 0.29) is 41.9 Å². The zero-order valence-electron chi connectivity index (χ0n) is 34.1. The van der Waals surface area contributed by atoms with E-state index in [1.807, 2.05) is 0 Å². The van der Waals surface area contributed by atoms with Crippen LogP contribution in [0.2, 0.25) is 0 Å². The number of carbonyl (C=O) groups is 2. The molecule has 2 bridgehead atoms. The fourth-order valence-corrected chi connectivity index (χ4v) is 12.5. The van der Waals surface area contributed by atoms with Crippen molar-refractivity contribution in [3.8, 4) is 5.75 Å². The third-order valence-corrected chi connectivity index (χ3v) is 15.3. The van der Waals surface area contributed by atoms with E-state index in [1.165, 1.54) is 44.6 Å². The molecular formula is C52H63NO5. The molecule has 0 amide bonds. The van der Waals surface area contributed by atoms with Crippen LogP contribution < -0.4 is 16.2 Å². The maximum Gasteiger partial charge on any atom is 0.308 e. The molecule has 3 aromatic rings. The molecular weight excluding hydrogens is 719 g/mol. The van der Waals surface area contributed by atoms with E-state index < -0.39 is 23.2 Å². The molecule has 10 unspecified atom stereocenters. The van der Waals surface area contributed by atoms with Gasteiger partial charge in [-0.2, -0.15) is 0 Å². The number of benzene rings is 3. The first kappa shape index (κ1) is 40.5. The van der Waals surface area contributed by atoms with Crippen LogP contribution >= 0.6 is 0 Å². The summed E-state index contributed by atoms with van der Waals surface area (Å²) in [6.07, 6.45) is 25.8. The van der Waals surface area contributed by atoms with Gasteiger partial charge in [0.1, 0.15) is 12.0 Å². The number of rotatable bonds is 13. The highest BCUT2D eigenvalue weighted by Gasteiger charge is 2.58. The highest BCUT2D eigenvalue weighted by atomic mass is 16.4. The van der Waals surface area contributed by atoms with E-state index in [1.54, 1.807) is 12.1 Å². The van der Waals surface area contributed by atoms with Crippen LogP contribution in [0.4, 0.5) is 0 Å². The number of phenolic OH excluding ortho intramolecular Hbond substituents is 1. The standard InChI is InChI=1S/C52H63NO5/c53-24-23-34-13-16-41(25-34)42(32-54)10-3-1-2-7-36-11-6-12-43(33-55)50(51(57)58)52-31-45-29-40-9-5-4-8-39(40)28-44(45)30-46(52)20-17-38-15-14-35(27-49(38)52)26-48(36)37-18-21-47(56)22-19-37/h4-6,8-9,12,14-15,18-19,21-22,25,27-29,32,36,41-46,48,50,55-56H,1-3,7,10-11,13,16-17,20,23-24,26,30-31,33,53H2,(H,57,58). The third-order valence-electron chi connectivity index (χ3n) is 15.3. The highest BCUT2D eigenvalue weighted by Crippen LogP contribution is 2.60. The van der Waals surface area contributed by atoms with Crippen molar-refractivity contribution in [2.45, 2.75) is 101 Å². The number of aliphatic hydroxyl groups excluding tert-OH is 1. The minimum absolute atomic E-state index is 0.0637. The van der Waals surface area contributed by atoms with E-state index >= 15 is 0 Å². The Bertz CT molecular complexity index is 2120. The number of aliphatic carboxylic acids is 1. The number of hydrogen-bond donors (Lipinski definition) is 4. The van der Waals surface area contributed by atoms with Crippen molar-refractivity contribution in [3.63, 3.8) is 0 Å². The maximum atomic E-state index is 13.9. The first-order valence-electron chi connectivity index (χ1n) is 22.4. The lowest BCUT2D eigenvalue weighted by molar-refractivity contribution is -0.150. The molecule has 3 aromatic carbocycles. The molecule has 1 fully saturated rings. The molecule has 0 radical (unpaired) electrons. The normalized spacial score (nSPS) is 30.5. The Labute approximate surface area is 344 Å². The summed E-state index contributed by atoms with van der Waals surface area (Å²) in [5.74, 6) is -0.199. The lowest BCUT2D eigenvalue weighted by atomic mass is 9.46. The molecule has 0 heterocycles. The fraction of sp³-hybridized carbons (Fsp3) is 0.500. The average molecular weight is 782 g/mol. The molecule has 0 aliphatic heterocycles. The van der Waals surface area contributed by atoms with Crippen molar-refractivity contribution in [1.82, 2.24) is 0 Å². The topological polar surface area (TPSA) is 121 Å². The van der Waals surface area contributed by atoms with Gasteiger partial charge in [0.2, 0.25) is 0 Å². The van der Waals surface area contributed by atoms with Gasteiger partial charge < -0.3 is 25.8 Å². The number of aliphatic hydroxyl groups is 1. The number of allylic oxidation sites excluding steroid dienone is 2. The lowest BCUT2D eigenvalue weighted by Gasteiger charge is -2.56. The summed E-state index contributed by atoms with van der Waals surface area (Å²) in [5, 5.41) is 35.3. The average Bonchev–Trinajstić information content (AvgIpc) is 3.69. The molecule has 0 saturated heterocycles. The van der Waals surface area contributed by atoms with Gasteiger partial charge in [-0.1, -0.05) is 110 Å². The Morgan fingerprint density at radius 1 is 0.931 bits per heavy atom. The van der Waals surface area contributed by atoms with Gasteiger partial charge in [0.05, 0.1) is 12.5 Å². The molecule has 8 rings (SSSR count). The van der Waals surface area contributed by atoms with Gasteiger partial charge in [-0.25, -0.2) is 0 Å². The zero-order valence-corrected chi connectivity index (χ0v) is 34.1. The van der Waals surface area contributed by atoms with E-state index in [2.05, 4.69) is 85.0 Å². The van der Waals surface area contributed by atoms with E-state index in [0.717, 1.165) is 89.9 Å². The molecule has 10 atom stereocenters.